The lowest BCUT2D eigenvalue weighted by molar-refractivity contribution is -0.123. The van der Waals surface area contributed by atoms with Crippen LogP contribution in [-0.2, 0) is 4.79 Å². The SMILES string of the molecule is O=C(COc1ccc(F)cc1)N/N=C\c1cccc2cccnc12. The summed E-state index contributed by atoms with van der Waals surface area (Å²) in [6.45, 7) is -0.212. The Morgan fingerprint density at radius 2 is 1.96 bits per heavy atom. The number of para-hydroxylation sites is 1. The number of rotatable bonds is 5. The monoisotopic (exact) mass is 323 g/mol. The number of benzene rings is 2. The van der Waals surface area contributed by atoms with Crippen LogP contribution in [0.25, 0.3) is 10.9 Å². The van der Waals surface area contributed by atoms with Gasteiger partial charge >= 0.3 is 0 Å². The highest BCUT2D eigenvalue weighted by atomic mass is 19.1. The topological polar surface area (TPSA) is 63.6 Å². The van der Waals surface area contributed by atoms with Gasteiger partial charge in [0.25, 0.3) is 5.91 Å². The fraction of sp³-hybridized carbons (Fsp3) is 0.0556. The molecule has 5 nitrogen and oxygen atoms in total. The van der Waals surface area contributed by atoms with Crippen LogP contribution in [0.1, 0.15) is 5.56 Å². The number of amides is 1. The number of hydrogen-bond donors (Lipinski definition) is 1. The van der Waals surface area contributed by atoms with E-state index in [-0.39, 0.29) is 12.4 Å². The maximum atomic E-state index is 12.8. The van der Waals surface area contributed by atoms with E-state index in [0.29, 0.717) is 5.75 Å². The molecule has 3 aromatic rings. The number of halogens is 1. The van der Waals surface area contributed by atoms with Crippen LogP contribution in [0.2, 0.25) is 0 Å². The quantitative estimate of drug-likeness (QED) is 0.580. The number of hydrogen-bond acceptors (Lipinski definition) is 4. The first kappa shape index (κ1) is 15.6. The summed E-state index contributed by atoms with van der Waals surface area (Å²) in [5, 5.41) is 4.91. The van der Waals surface area contributed by atoms with Gasteiger partial charge in [0.05, 0.1) is 11.7 Å². The molecule has 24 heavy (non-hydrogen) atoms. The second kappa shape index (κ2) is 7.32. The second-order valence-electron chi connectivity index (χ2n) is 4.96. The molecule has 0 saturated carbocycles. The zero-order chi connectivity index (χ0) is 16.8. The zero-order valence-corrected chi connectivity index (χ0v) is 12.6. The molecule has 0 spiro atoms. The van der Waals surface area contributed by atoms with Crippen molar-refractivity contribution in [2.75, 3.05) is 6.61 Å². The molecule has 0 aliphatic rings. The van der Waals surface area contributed by atoms with Crippen LogP contribution < -0.4 is 10.2 Å². The van der Waals surface area contributed by atoms with Gasteiger partial charge in [0.2, 0.25) is 0 Å². The summed E-state index contributed by atoms with van der Waals surface area (Å²) in [7, 11) is 0. The Labute approximate surface area is 137 Å². The van der Waals surface area contributed by atoms with Gasteiger partial charge in [-0.2, -0.15) is 5.10 Å². The molecule has 0 saturated heterocycles. The van der Waals surface area contributed by atoms with E-state index in [1.54, 1.807) is 6.20 Å². The molecule has 0 bridgehead atoms. The average Bonchev–Trinajstić information content (AvgIpc) is 2.61. The van der Waals surface area contributed by atoms with Crippen molar-refractivity contribution in [3.63, 3.8) is 0 Å². The van der Waals surface area contributed by atoms with E-state index >= 15 is 0 Å². The predicted molar refractivity (Wildman–Crippen MR) is 89.4 cm³/mol. The summed E-state index contributed by atoms with van der Waals surface area (Å²) >= 11 is 0. The molecule has 120 valence electrons. The molecule has 1 N–H and O–H groups in total. The van der Waals surface area contributed by atoms with Crippen molar-refractivity contribution < 1.29 is 13.9 Å². The molecule has 3 rings (SSSR count). The first-order valence-electron chi connectivity index (χ1n) is 7.26. The van der Waals surface area contributed by atoms with Gasteiger partial charge in [-0.1, -0.05) is 24.3 Å². The van der Waals surface area contributed by atoms with Crippen molar-refractivity contribution >= 4 is 23.0 Å². The molecular weight excluding hydrogens is 309 g/mol. The third-order valence-electron chi connectivity index (χ3n) is 3.24. The van der Waals surface area contributed by atoms with E-state index in [1.165, 1.54) is 30.5 Å². The van der Waals surface area contributed by atoms with Gasteiger partial charge in [-0.25, -0.2) is 9.82 Å². The van der Waals surface area contributed by atoms with E-state index in [1.807, 2.05) is 30.3 Å². The Bertz CT molecular complexity index is 874. The van der Waals surface area contributed by atoms with E-state index < -0.39 is 5.91 Å². The maximum Gasteiger partial charge on any atom is 0.277 e. The fourth-order valence-corrected chi connectivity index (χ4v) is 2.12. The van der Waals surface area contributed by atoms with Crippen molar-refractivity contribution in [3.8, 4) is 5.75 Å². The minimum absolute atomic E-state index is 0.212. The van der Waals surface area contributed by atoms with Crippen LogP contribution in [0.5, 0.6) is 5.75 Å². The molecule has 0 radical (unpaired) electrons. The van der Waals surface area contributed by atoms with Crippen molar-refractivity contribution in [2.24, 2.45) is 5.10 Å². The average molecular weight is 323 g/mol. The van der Waals surface area contributed by atoms with Gasteiger partial charge in [0.1, 0.15) is 11.6 Å². The maximum absolute atomic E-state index is 12.8. The largest absolute Gasteiger partial charge is 0.484 e. The highest BCUT2D eigenvalue weighted by Gasteiger charge is 2.02. The number of carbonyl (C=O) groups excluding carboxylic acids is 1. The van der Waals surface area contributed by atoms with Crippen LogP contribution in [-0.4, -0.2) is 23.7 Å². The molecule has 1 heterocycles. The lowest BCUT2D eigenvalue weighted by Crippen LogP contribution is -2.24. The normalized spacial score (nSPS) is 10.9. The van der Waals surface area contributed by atoms with Gasteiger partial charge in [-0.05, 0) is 30.3 Å². The summed E-state index contributed by atoms with van der Waals surface area (Å²) < 4.78 is 18.0. The van der Waals surface area contributed by atoms with E-state index in [4.69, 9.17) is 4.74 Å². The van der Waals surface area contributed by atoms with Crippen LogP contribution in [0.15, 0.2) is 65.9 Å². The Kier molecular flexibility index (Phi) is 4.76. The molecule has 0 aliphatic heterocycles. The minimum Gasteiger partial charge on any atom is -0.484 e. The summed E-state index contributed by atoms with van der Waals surface area (Å²) in [6, 6.07) is 14.9. The van der Waals surface area contributed by atoms with Gasteiger partial charge in [-0.15, -0.1) is 0 Å². The molecule has 0 unspecified atom stereocenters. The summed E-state index contributed by atoms with van der Waals surface area (Å²) in [4.78, 5) is 16.0. The summed E-state index contributed by atoms with van der Waals surface area (Å²) in [6.07, 6.45) is 3.24. The van der Waals surface area contributed by atoms with Gasteiger partial charge in [0.15, 0.2) is 6.61 Å². The van der Waals surface area contributed by atoms with Crippen LogP contribution in [0.4, 0.5) is 4.39 Å². The van der Waals surface area contributed by atoms with Gasteiger partial charge in [0, 0.05) is 17.1 Å². The first-order valence-corrected chi connectivity index (χ1v) is 7.26. The second-order valence-corrected chi connectivity index (χ2v) is 4.96. The predicted octanol–water partition coefficient (Wildman–Crippen LogP) is 2.90. The van der Waals surface area contributed by atoms with Crippen LogP contribution in [0, 0.1) is 5.82 Å². The smallest absolute Gasteiger partial charge is 0.277 e. The first-order chi connectivity index (χ1) is 11.7. The molecule has 0 atom stereocenters. The summed E-state index contributed by atoms with van der Waals surface area (Å²) in [5.41, 5.74) is 3.99. The Hall–Kier alpha value is -3.28. The Morgan fingerprint density at radius 3 is 2.79 bits per heavy atom. The molecule has 6 heteroatoms. The number of aromatic nitrogens is 1. The third kappa shape index (κ3) is 3.92. The lowest BCUT2D eigenvalue weighted by Gasteiger charge is -2.04. The number of pyridine rings is 1. The van der Waals surface area contributed by atoms with Gasteiger partial charge in [-0.3, -0.25) is 9.78 Å². The number of ether oxygens (including phenoxy) is 1. The highest BCUT2D eigenvalue weighted by Crippen LogP contribution is 2.14. The molecule has 0 aliphatic carbocycles. The van der Waals surface area contributed by atoms with Crippen LogP contribution >= 0.6 is 0 Å². The van der Waals surface area contributed by atoms with Gasteiger partial charge < -0.3 is 4.74 Å². The molecule has 2 aromatic carbocycles. The number of hydrazone groups is 1. The van der Waals surface area contributed by atoms with E-state index in [9.17, 15) is 9.18 Å². The van der Waals surface area contributed by atoms with E-state index in [0.717, 1.165) is 16.5 Å². The van der Waals surface area contributed by atoms with Crippen molar-refractivity contribution in [2.45, 2.75) is 0 Å². The highest BCUT2D eigenvalue weighted by molar-refractivity contribution is 5.97. The lowest BCUT2D eigenvalue weighted by atomic mass is 10.1. The minimum atomic E-state index is -0.413. The Balaban J connectivity index is 1.57. The number of nitrogens with zero attached hydrogens (tertiary/aromatic N) is 2. The number of carbonyl (C=O) groups is 1. The van der Waals surface area contributed by atoms with Crippen molar-refractivity contribution in [3.05, 3.63) is 72.2 Å². The number of fused-ring (bicyclic) bond motifs is 1. The van der Waals surface area contributed by atoms with Crippen molar-refractivity contribution in [1.82, 2.24) is 10.4 Å². The fourth-order valence-electron chi connectivity index (χ4n) is 2.12. The summed E-state index contributed by atoms with van der Waals surface area (Å²) in [5.74, 6) is -0.363. The van der Waals surface area contributed by atoms with Crippen molar-refractivity contribution in [1.29, 1.82) is 0 Å². The van der Waals surface area contributed by atoms with Crippen LogP contribution in [0.3, 0.4) is 0 Å². The molecule has 1 aromatic heterocycles. The molecule has 0 fully saturated rings. The zero-order valence-electron chi connectivity index (χ0n) is 12.6. The Morgan fingerprint density at radius 1 is 1.17 bits per heavy atom. The van der Waals surface area contributed by atoms with E-state index in [2.05, 4.69) is 15.5 Å². The molecular formula is C18H14FN3O2. The standard InChI is InChI=1S/C18H14FN3O2/c19-15-6-8-16(9-7-15)24-12-17(23)22-21-11-14-4-1-3-13-5-2-10-20-18(13)14/h1-11H,12H2,(H,22,23)/b21-11-. The molecule has 1 amide bonds. The third-order valence-corrected chi connectivity index (χ3v) is 3.24. The number of nitrogens with one attached hydrogen (secondary N) is 1.